The van der Waals surface area contributed by atoms with Crippen LogP contribution in [0.15, 0.2) is 0 Å². The van der Waals surface area contributed by atoms with Gasteiger partial charge in [-0.1, -0.05) is 50.1 Å². The summed E-state index contributed by atoms with van der Waals surface area (Å²) in [5.41, 5.74) is 0. The number of nitrogens with one attached hydrogen (secondary N) is 3. The van der Waals surface area contributed by atoms with Crippen LogP contribution in [0.25, 0.3) is 0 Å². The van der Waals surface area contributed by atoms with Crippen molar-refractivity contribution in [3.05, 3.63) is 0 Å². The number of thiocarbonyl (C=S) groups is 2. The average Bonchev–Trinajstić information content (AvgIpc) is 2.16. The van der Waals surface area contributed by atoms with E-state index in [1.165, 1.54) is 0 Å². The van der Waals surface area contributed by atoms with Crippen LogP contribution in [0.2, 0.25) is 0 Å². The molecule has 0 spiro atoms. The van der Waals surface area contributed by atoms with Gasteiger partial charge < -0.3 is 14.8 Å². The van der Waals surface area contributed by atoms with E-state index in [0.717, 1.165) is 35.9 Å². The molecule has 0 aromatic rings. The molecule has 0 fully saturated rings. The Kier molecular flexibility index (Phi) is 9.32. The van der Waals surface area contributed by atoms with Gasteiger partial charge in [0.15, 0.2) is 0 Å². The monoisotopic (exact) mass is 255 g/mol. The van der Waals surface area contributed by atoms with Crippen molar-refractivity contribution in [1.29, 1.82) is 0 Å². The number of hydrogen-bond donors (Lipinski definition) is 5. The summed E-state index contributed by atoms with van der Waals surface area (Å²) in [5, 5.41) is 3.19. The zero-order chi connectivity index (χ0) is 10.1. The van der Waals surface area contributed by atoms with Crippen LogP contribution in [0.3, 0.4) is 0 Å². The largest absolute Gasteiger partial charge is 0.327 e. The van der Waals surface area contributed by atoms with Gasteiger partial charge in [-0.15, -0.1) is 0 Å². The van der Waals surface area contributed by atoms with E-state index in [9.17, 15) is 0 Å². The second-order valence-corrected chi connectivity index (χ2v) is 3.75. The fourth-order valence-corrected chi connectivity index (χ4v) is 1.07. The molecule has 0 amide bonds. The third kappa shape index (κ3) is 8.76. The molecule has 7 heteroatoms. The minimum Gasteiger partial charge on any atom is -0.327 e. The van der Waals surface area contributed by atoms with Gasteiger partial charge in [0.05, 0.1) is 9.98 Å². The van der Waals surface area contributed by atoms with Crippen molar-refractivity contribution in [2.24, 2.45) is 0 Å². The number of rotatable bonds is 6. The van der Waals surface area contributed by atoms with Crippen LogP contribution in [0.4, 0.5) is 0 Å². The van der Waals surface area contributed by atoms with E-state index in [1.807, 2.05) is 0 Å². The minimum atomic E-state index is 0.741. The first-order chi connectivity index (χ1) is 6.20. The highest BCUT2D eigenvalue weighted by Gasteiger charge is 1.94. The molecule has 0 aromatic carbocycles. The van der Waals surface area contributed by atoms with Crippen LogP contribution >= 0.6 is 50.1 Å². The van der Waals surface area contributed by atoms with Crippen LogP contribution in [0.1, 0.15) is 12.8 Å². The molecular formula is C6H13N3S4. The second kappa shape index (κ2) is 9.01. The topological polar surface area (TPSA) is 36.1 Å². The third-order valence-corrected chi connectivity index (χ3v) is 2.76. The standard InChI is InChI=1S/C6H13N3S4/c10-5(8-12)1-3-7-4-2-6(11)9-13/h7,12-13H,1-4H2,(H,8,10)(H,9,11). The fourth-order valence-electron chi connectivity index (χ4n) is 0.641. The summed E-state index contributed by atoms with van der Waals surface area (Å²) in [4.78, 5) is 1.48. The molecule has 0 saturated carbocycles. The molecule has 0 saturated heterocycles. The van der Waals surface area contributed by atoms with Crippen molar-refractivity contribution < 1.29 is 0 Å². The lowest BCUT2D eigenvalue weighted by atomic mass is 10.4. The number of thiol groups is 2. The molecule has 0 radical (unpaired) electrons. The summed E-state index contributed by atoms with van der Waals surface area (Å²) < 4.78 is 5.22. The van der Waals surface area contributed by atoms with Crippen LogP contribution in [0, 0.1) is 0 Å². The van der Waals surface area contributed by atoms with E-state index in [1.54, 1.807) is 0 Å². The molecule has 3 nitrogen and oxygen atoms in total. The van der Waals surface area contributed by atoms with Gasteiger partial charge in [-0.25, -0.2) is 0 Å². The van der Waals surface area contributed by atoms with E-state index < -0.39 is 0 Å². The van der Waals surface area contributed by atoms with Gasteiger partial charge in [-0.3, -0.25) is 0 Å². The third-order valence-electron chi connectivity index (χ3n) is 1.31. The van der Waals surface area contributed by atoms with Gasteiger partial charge in [0.1, 0.15) is 0 Å². The Balaban J connectivity index is 3.17. The Bertz CT molecular complexity index is 155. The Morgan fingerprint density at radius 2 is 1.31 bits per heavy atom. The molecule has 0 aliphatic carbocycles. The summed E-state index contributed by atoms with van der Waals surface area (Å²) >= 11 is 17.5. The fraction of sp³-hybridized carbons (Fsp3) is 0.667. The van der Waals surface area contributed by atoms with Crippen molar-refractivity contribution in [3.8, 4) is 0 Å². The van der Waals surface area contributed by atoms with Gasteiger partial charge in [-0.2, -0.15) is 0 Å². The minimum absolute atomic E-state index is 0.741. The first-order valence-corrected chi connectivity index (χ1v) is 5.48. The normalized spacial score (nSPS) is 9.38. The zero-order valence-electron chi connectivity index (χ0n) is 7.04. The maximum absolute atomic E-state index is 4.90. The van der Waals surface area contributed by atoms with Crippen molar-refractivity contribution in [2.45, 2.75) is 12.8 Å². The van der Waals surface area contributed by atoms with E-state index in [2.05, 4.69) is 40.4 Å². The summed E-state index contributed by atoms with van der Waals surface area (Å²) in [6.07, 6.45) is 1.58. The van der Waals surface area contributed by atoms with Crippen LogP contribution in [0.5, 0.6) is 0 Å². The van der Waals surface area contributed by atoms with Crippen molar-refractivity contribution >= 4 is 60.0 Å². The molecule has 0 unspecified atom stereocenters. The molecule has 0 atom stereocenters. The van der Waals surface area contributed by atoms with Gasteiger partial charge >= 0.3 is 0 Å². The van der Waals surface area contributed by atoms with E-state index in [0.29, 0.717) is 0 Å². The molecule has 0 rings (SSSR count). The summed E-state index contributed by atoms with van der Waals surface area (Å²) in [6, 6.07) is 0. The lowest BCUT2D eigenvalue weighted by molar-refractivity contribution is 0.715. The lowest BCUT2D eigenvalue weighted by Crippen LogP contribution is -2.25. The molecule has 0 aliphatic heterocycles. The Hall–Kier alpha value is 0.440. The molecule has 13 heavy (non-hydrogen) atoms. The van der Waals surface area contributed by atoms with E-state index in [4.69, 9.17) is 24.4 Å². The first-order valence-electron chi connectivity index (χ1n) is 3.77. The smallest absolute Gasteiger partial charge is 0.0862 e. The Morgan fingerprint density at radius 1 is 0.923 bits per heavy atom. The highest BCUT2D eigenvalue weighted by molar-refractivity contribution is 7.84. The zero-order valence-corrected chi connectivity index (χ0v) is 10.5. The van der Waals surface area contributed by atoms with Crippen LogP contribution in [-0.4, -0.2) is 23.1 Å². The molecule has 0 aliphatic rings. The highest BCUT2D eigenvalue weighted by atomic mass is 32.1. The molecule has 0 bridgehead atoms. The molecule has 76 valence electrons. The maximum atomic E-state index is 4.90. The lowest BCUT2D eigenvalue weighted by Gasteiger charge is -2.05. The summed E-state index contributed by atoms with van der Waals surface area (Å²) in [6.45, 7) is 1.67. The van der Waals surface area contributed by atoms with Crippen LogP contribution in [-0.2, 0) is 0 Å². The van der Waals surface area contributed by atoms with Gasteiger partial charge in [-0.05, 0) is 0 Å². The molecule has 0 aromatic heterocycles. The molecule has 0 heterocycles. The van der Waals surface area contributed by atoms with Gasteiger partial charge in [0, 0.05) is 25.9 Å². The van der Waals surface area contributed by atoms with Gasteiger partial charge in [0.25, 0.3) is 0 Å². The molecule has 3 N–H and O–H groups in total. The Morgan fingerprint density at radius 3 is 1.62 bits per heavy atom. The summed E-state index contributed by atoms with van der Waals surface area (Å²) in [5.74, 6) is 0. The van der Waals surface area contributed by atoms with E-state index >= 15 is 0 Å². The second-order valence-electron chi connectivity index (χ2n) is 2.32. The van der Waals surface area contributed by atoms with E-state index in [-0.39, 0.29) is 0 Å². The SMILES string of the molecule is S=C(CCNCCC(=S)NS)NS. The highest BCUT2D eigenvalue weighted by Crippen LogP contribution is 1.85. The van der Waals surface area contributed by atoms with Gasteiger partial charge in [0.2, 0.25) is 0 Å². The predicted octanol–water partition coefficient (Wildman–Crippen LogP) is 0.880. The summed E-state index contributed by atoms with van der Waals surface area (Å²) in [7, 11) is 0. The average molecular weight is 255 g/mol. The Labute approximate surface area is 101 Å². The quantitative estimate of drug-likeness (QED) is 0.277. The predicted molar refractivity (Wildman–Crippen MR) is 71.5 cm³/mol. The first kappa shape index (κ1) is 13.4. The van der Waals surface area contributed by atoms with Crippen molar-refractivity contribution in [3.63, 3.8) is 0 Å². The molecular weight excluding hydrogens is 242 g/mol. The maximum Gasteiger partial charge on any atom is 0.0862 e. The van der Waals surface area contributed by atoms with Crippen molar-refractivity contribution in [2.75, 3.05) is 13.1 Å². The number of hydrogen-bond acceptors (Lipinski definition) is 5. The van der Waals surface area contributed by atoms with Crippen LogP contribution < -0.4 is 14.8 Å². The van der Waals surface area contributed by atoms with Crippen molar-refractivity contribution in [1.82, 2.24) is 14.8 Å².